The maximum atomic E-state index is 16.4. The summed E-state index contributed by atoms with van der Waals surface area (Å²) < 4.78 is 25.9. The number of aliphatic hydroxyl groups is 1. The van der Waals surface area contributed by atoms with Gasteiger partial charge in [0.25, 0.3) is 5.91 Å². The second-order valence-corrected chi connectivity index (χ2v) is 18.9. The topological polar surface area (TPSA) is 101 Å². The van der Waals surface area contributed by atoms with Crippen LogP contribution in [-0.2, 0) is 33.0 Å². The van der Waals surface area contributed by atoms with Crippen LogP contribution in [0.5, 0.6) is 0 Å². The highest BCUT2D eigenvalue weighted by Gasteiger charge is 2.66. The number of aryl methyl sites for hydroxylation is 1. The molecule has 0 bridgehead atoms. The van der Waals surface area contributed by atoms with Gasteiger partial charge in [0, 0.05) is 45.6 Å². The van der Waals surface area contributed by atoms with Crippen molar-refractivity contribution in [1.82, 2.24) is 15.0 Å². The molecule has 0 saturated carbocycles. The molecule has 0 radical (unpaired) electrons. The molecule has 2 aliphatic rings. The van der Waals surface area contributed by atoms with Crippen LogP contribution in [0.1, 0.15) is 41.6 Å². The molecular formula is C40H41BrFN5O4Si. The minimum atomic E-state index is -3.37. The normalized spacial score (nSPS) is 21.8. The molecule has 2 amide bonds. The fourth-order valence-electron chi connectivity index (χ4n) is 8.15. The fraction of sp³-hybridized carbons (Fsp3) is 0.300. The minimum Gasteiger partial charge on any atom is -0.395 e. The van der Waals surface area contributed by atoms with Crippen molar-refractivity contribution in [2.75, 3.05) is 16.4 Å². The van der Waals surface area contributed by atoms with Crippen LogP contribution in [0.15, 0.2) is 114 Å². The number of carbonyl (C=O) groups is 2. The summed E-state index contributed by atoms with van der Waals surface area (Å²) in [7, 11) is -3.37. The Labute approximate surface area is 312 Å². The van der Waals surface area contributed by atoms with Crippen molar-refractivity contribution in [2.45, 2.75) is 62.7 Å². The first-order valence-electron chi connectivity index (χ1n) is 17.5. The Morgan fingerprint density at radius 2 is 1.69 bits per heavy atom. The summed E-state index contributed by atoms with van der Waals surface area (Å²) in [4.78, 5) is 30.2. The zero-order chi connectivity index (χ0) is 36.6. The van der Waals surface area contributed by atoms with Crippen LogP contribution in [0.4, 0.5) is 21.2 Å². The summed E-state index contributed by atoms with van der Waals surface area (Å²) in [6.07, 6.45) is 2.50. The lowest BCUT2D eigenvalue weighted by Crippen LogP contribution is -2.45. The molecule has 1 aromatic heterocycles. The first-order chi connectivity index (χ1) is 25.0. The van der Waals surface area contributed by atoms with Crippen molar-refractivity contribution in [3.8, 4) is 0 Å². The number of aromatic nitrogens is 3. The average molecular weight is 783 g/mol. The molecule has 5 atom stereocenters. The third kappa shape index (κ3) is 6.53. The Morgan fingerprint density at radius 1 is 1.02 bits per heavy atom. The van der Waals surface area contributed by atoms with E-state index in [9.17, 15) is 14.7 Å². The number of nitrogens with zero attached hydrogens (tertiary/aromatic N) is 5. The Bertz CT molecular complexity index is 2040. The van der Waals surface area contributed by atoms with Gasteiger partial charge in [-0.3, -0.25) is 19.2 Å². The Hall–Kier alpha value is -4.49. The molecular weight excluding hydrogens is 741 g/mol. The quantitative estimate of drug-likeness (QED) is 0.0786. The summed E-state index contributed by atoms with van der Waals surface area (Å²) in [6, 6.07) is 32.4. The van der Waals surface area contributed by atoms with Crippen LogP contribution in [0.3, 0.4) is 0 Å². The molecule has 268 valence electrons. The van der Waals surface area contributed by atoms with E-state index in [-0.39, 0.29) is 25.0 Å². The Balaban J connectivity index is 1.15. The lowest BCUT2D eigenvalue weighted by Gasteiger charge is -2.31. The van der Waals surface area contributed by atoms with E-state index in [0.29, 0.717) is 24.3 Å². The van der Waals surface area contributed by atoms with E-state index >= 15 is 4.11 Å². The third-order valence-corrected chi connectivity index (χ3v) is 13.5. The molecule has 9 nitrogen and oxygen atoms in total. The third-order valence-electron chi connectivity index (χ3n) is 10.6. The second-order valence-electron chi connectivity index (χ2n) is 14.1. The van der Waals surface area contributed by atoms with Gasteiger partial charge in [0.15, 0.2) is 5.60 Å². The Morgan fingerprint density at radius 3 is 2.35 bits per heavy atom. The summed E-state index contributed by atoms with van der Waals surface area (Å²) >= 11 is 3.62. The Kier molecular flexibility index (Phi) is 10.0. The number of aliphatic hydroxyl groups excluding tert-OH is 1. The number of anilines is 3. The monoisotopic (exact) mass is 781 g/mol. The molecule has 7 rings (SSSR count). The van der Waals surface area contributed by atoms with Crippen LogP contribution in [0.2, 0.25) is 18.6 Å². The minimum absolute atomic E-state index is 0.110. The van der Waals surface area contributed by atoms with Gasteiger partial charge in [-0.15, -0.1) is 5.10 Å². The van der Waals surface area contributed by atoms with Gasteiger partial charge >= 0.3 is 0 Å². The molecule has 1 N–H and O–H groups in total. The van der Waals surface area contributed by atoms with Crippen molar-refractivity contribution in [3.05, 3.63) is 136 Å². The summed E-state index contributed by atoms with van der Waals surface area (Å²) in [5, 5.41) is 18.9. The summed E-state index contributed by atoms with van der Waals surface area (Å²) in [5.74, 6) is -0.961. The molecule has 1 saturated heterocycles. The predicted octanol–water partition coefficient (Wildman–Crippen LogP) is 7.87. The van der Waals surface area contributed by atoms with E-state index in [0.717, 1.165) is 38.9 Å². The maximum Gasteiger partial charge on any atom is 0.264 e. The van der Waals surface area contributed by atoms with Crippen LogP contribution >= 0.6 is 15.9 Å². The van der Waals surface area contributed by atoms with Gasteiger partial charge in [0.1, 0.15) is 0 Å². The number of hydrogen-bond acceptors (Lipinski definition) is 6. The lowest BCUT2D eigenvalue weighted by molar-refractivity contribution is -0.146. The molecule has 1 spiro atoms. The van der Waals surface area contributed by atoms with Gasteiger partial charge in [0.2, 0.25) is 14.8 Å². The van der Waals surface area contributed by atoms with Crippen LogP contribution in [-0.4, -0.2) is 53.5 Å². The first-order valence-corrected chi connectivity index (χ1v) is 21.2. The number of para-hydroxylation sites is 1. The van der Waals surface area contributed by atoms with E-state index < -0.39 is 31.6 Å². The van der Waals surface area contributed by atoms with Gasteiger partial charge in [-0.1, -0.05) is 88.7 Å². The number of hydrogen-bond donors (Lipinski definition) is 1. The second kappa shape index (κ2) is 14.5. The van der Waals surface area contributed by atoms with Gasteiger partial charge in [-0.2, -0.15) is 0 Å². The van der Waals surface area contributed by atoms with Gasteiger partial charge in [-0.05, 0) is 73.1 Å². The van der Waals surface area contributed by atoms with E-state index in [1.54, 1.807) is 27.6 Å². The van der Waals surface area contributed by atoms with Crippen molar-refractivity contribution >= 4 is 53.7 Å². The van der Waals surface area contributed by atoms with Crippen LogP contribution in [0.25, 0.3) is 0 Å². The highest BCUT2D eigenvalue weighted by atomic mass is 79.9. The molecule has 12 heteroatoms. The lowest BCUT2D eigenvalue weighted by atomic mass is 9.82. The van der Waals surface area contributed by atoms with E-state index in [2.05, 4.69) is 26.2 Å². The zero-order valence-corrected chi connectivity index (χ0v) is 31.9. The fourth-order valence-corrected chi connectivity index (χ4v) is 11.1. The molecule has 3 heterocycles. The van der Waals surface area contributed by atoms with Gasteiger partial charge < -0.3 is 18.9 Å². The van der Waals surface area contributed by atoms with Crippen molar-refractivity contribution in [3.63, 3.8) is 0 Å². The number of amides is 2. The van der Waals surface area contributed by atoms with Gasteiger partial charge in [-0.25, -0.2) is 0 Å². The molecule has 0 aliphatic carbocycles. The average Bonchev–Trinajstić information content (AvgIpc) is 3.80. The van der Waals surface area contributed by atoms with E-state index in [4.69, 9.17) is 4.74 Å². The maximum absolute atomic E-state index is 16.4. The standard InChI is InChI=1S/C40H41BrFN5O4Si/c1-27-38(52(2,3)42)37(20-21-45-24-35(43-44-45)33(25-48)29-10-6-4-7-11-29)51-40(27)34-22-30(41)16-19-36(34)46(39(40)50)23-28-14-17-32(18-15-28)47(26-49)31-12-8-5-9-13-31/h4-19,22,24,26-27,33,37-38,48H,20-21,23,25H2,1-3H3/t27-,33?,37+,38-,40+/m1/s1. The number of rotatable bonds is 12. The SMILES string of the molecule is C[C@@H]1[C@@H]([Si](C)(C)F)[C@H](CCn2cc(C(CO)c3ccccc3)nn2)O[C@@]12C(=O)N(Cc1ccc(N(C=O)c3ccccc3)cc1)c1ccc(Br)cc12. The smallest absolute Gasteiger partial charge is 0.264 e. The number of benzene rings is 4. The zero-order valence-electron chi connectivity index (χ0n) is 29.3. The first kappa shape index (κ1) is 35.9. The summed E-state index contributed by atoms with van der Waals surface area (Å²) in [5.41, 5.74) is 3.56. The molecule has 5 aromatic rings. The molecule has 1 fully saturated rings. The number of carbonyl (C=O) groups excluding carboxylic acids is 2. The highest BCUT2D eigenvalue weighted by molar-refractivity contribution is 9.10. The number of halogens is 2. The molecule has 4 aromatic carbocycles. The molecule has 2 aliphatic heterocycles. The van der Waals surface area contributed by atoms with Crippen molar-refractivity contribution in [1.29, 1.82) is 0 Å². The van der Waals surface area contributed by atoms with E-state index in [1.165, 1.54) is 0 Å². The van der Waals surface area contributed by atoms with Crippen molar-refractivity contribution < 1.29 is 23.5 Å². The highest BCUT2D eigenvalue weighted by Crippen LogP contribution is 2.60. The summed E-state index contributed by atoms with van der Waals surface area (Å²) in [6.45, 7) is 5.92. The largest absolute Gasteiger partial charge is 0.395 e. The van der Waals surface area contributed by atoms with E-state index in [1.807, 2.05) is 116 Å². The van der Waals surface area contributed by atoms with Gasteiger partial charge in [0.05, 0.1) is 36.6 Å². The molecule has 1 unspecified atom stereocenters. The van der Waals surface area contributed by atoms with Crippen LogP contribution < -0.4 is 9.80 Å². The van der Waals surface area contributed by atoms with Crippen LogP contribution in [0, 0.1) is 5.92 Å². The van der Waals surface area contributed by atoms with Crippen molar-refractivity contribution in [2.24, 2.45) is 5.92 Å². The number of fused-ring (bicyclic) bond motifs is 2. The molecule has 52 heavy (non-hydrogen) atoms. The predicted molar refractivity (Wildman–Crippen MR) is 204 cm³/mol. The number of ether oxygens (including phenoxy) is 1.